The molecule has 0 saturated carbocycles. The van der Waals surface area contributed by atoms with E-state index in [0.717, 1.165) is 54.3 Å². The summed E-state index contributed by atoms with van der Waals surface area (Å²) in [5.74, 6) is 0.946. The number of aromatic nitrogens is 3. The van der Waals surface area contributed by atoms with Gasteiger partial charge in [-0.1, -0.05) is 24.3 Å². The second-order valence-corrected chi connectivity index (χ2v) is 5.24. The van der Waals surface area contributed by atoms with E-state index in [1.165, 1.54) is 0 Å². The number of morpholine rings is 1. The van der Waals surface area contributed by atoms with Crippen molar-refractivity contribution < 1.29 is 4.74 Å². The van der Waals surface area contributed by atoms with Gasteiger partial charge in [-0.25, -0.2) is 9.97 Å². The van der Waals surface area contributed by atoms with E-state index < -0.39 is 0 Å². The number of hydrogen-bond donors (Lipinski definition) is 0. The van der Waals surface area contributed by atoms with E-state index in [4.69, 9.17) is 4.74 Å². The lowest BCUT2D eigenvalue weighted by Crippen LogP contribution is -2.36. The molecule has 0 bridgehead atoms. The number of ether oxygens (including phenoxy) is 1. The van der Waals surface area contributed by atoms with E-state index in [1.807, 2.05) is 24.4 Å². The zero-order valence-corrected chi connectivity index (χ0v) is 12.1. The van der Waals surface area contributed by atoms with Gasteiger partial charge in [0.1, 0.15) is 12.1 Å². The molecule has 1 saturated heterocycles. The van der Waals surface area contributed by atoms with Crippen LogP contribution in [0.3, 0.4) is 0 Å². The number of rotatable bonds is 2. The smallest absolute Gasteiger partial charge is 0.132 e. The largest absolute Gasteiger partial charge is 0.378 e. The molecule has 2 aromatic heterocycles. The summed E-state index contributed by atoms with van der Waals surface area (Å²) in [5.41, 5.74) is 2.91. The molecule has 0 aliphatic carbocycles. The highest BCUT2D eigenvalue weighted by molar-refractivity contribution is 5.92. The number of benzene rings is 1. The maximum Gasteiger partial charge on any atom is 0.132 e. The number of fused-ring (bicyclic) bond motifs is 1. The molecule has 0 N–H and O–H groups in total. The van der Waals surface area contributed by atoms with Gasteiger partial charge in [-0.05, 0) is 6.07 Å². The molecule has 3 aromatic rings. The highest BCUT2D eigenvalue weighted by Gasteiger charge is 2.14. The van der Waals surface area contributed by atoms with Crippen LogP contribution in [-0.4, -0.2) is 41.3 Å². The van der Waals surface area contributed by atoms with Crippen LogP contribution in [0, 0.1) is 0 Å². The Bertz CT molecular complexity index is 794. The van der Waals surface area contributed by atoms with Crippen LogP contribution in [0.2, 0.25) is 0 Å². The van der Waals surface area contributed by atoms with E-state index in [9.17, 15) is 0 Å². The number of nitrogens with zero attached hydrogens (tertiary/aromatic N) is 4. The number of anilines is 1. The third kappa shape index (κ3) is 2.40. The predicted octanol–water partition coefficient (Wildman–Crippen LogP) is 2.53. The molecular weight excluding hydrogens is 276 g/mol. The standard InChI is InChI=1S/C17H16N4O/c1-3-13-4-2-6-18-17(13)14(5-1)15-11-16(20-12-19-15)21-7-9-22-10-8-21/h1-6,11-12H,7-10H2. The van der Waals surface area contributed by atoms with E-state index in [2.05, 4.69) is 38.1 Å². The second-order valence-electron chi connectivity index (χ2n) is 5.24. The third-order valence-electron chi connectivity index (χ3n) is 3.90. The quantitative estimate of drug-likeness (QED) is 0.726. The van der Waals surface area contributed by atoms with Gasteiger partial charge in [0.25, 0.3) is 0 Å². The Morgan fingerprint density at radius 3 is 2.73 bits per heavy atom. The molecule has 1 aromatic carbocycles. The first-order valence-corrected chi connectivity index (χ1v) is 7.41. The van der Waals surface area contributed by atoms with Crippen LogP contribution in [0.5, 0.6) is 0 Å². The van der Waals surface area contributed by atoms with Crippen molar-refractivity contribution in [1.29, 1.82) is 0 Å². The predicted molar refractivity (Wildman–Crippen MR) is 85.8 cm³/mol. The van der Waals surface area contributed by atoms with Crippen molar-refractivity contribution in [3.8, 4) is 11.3 Å². The Hall–Kier alpha value is -2.53. The molecule has 110 valence electrons. The number of para-hydroxylation sites is 1. The Morgan fingerprint density at radius 1 is 0.955 bits per heavy atom. The van der Waals surface area contributed by atoms with Crippen molar-refractivity contribution in [1.82, 2.24) is 15.0 Å². The van der Waals surface area contributed by atoms with Crippen molar-refractivity contribution in [3.05, 3.63) is 48.9 Å². The fourth-order valence-corrected chi connectivity index (χ4v) is 2.77. The zero-order chi connectivity index (χ0) is 14.8. The Labute approximate surface area is 128 Å². The maximum atomic E-state index is 5.40. The first kappa shape index (κ1) is 13.2. The fourth-order valence-electron chi connectivity index (χ4n) is 2.77. The van der Waals surface area contributed by atoms with E-state index in [1.54, 1.807) is 6.33 Å². The number of pyridine rings is 1. The van der Waals surface area contributed by atoms with Gasteiger partial charge in [0, 0.05) is 36.3 Å². The Kier molecular flexibility index (Phi) is 3.40. The lowest BCUT2D eigenvalue weighted by molar-refractivity contribution is 0.122. The summed E-state index contributed by atoms with van der Waals surface area (Å²) in [6, 6.07) is 12.2. The highest BCUT2D eigenvalue weighted by atomic mass is 16.5. The summed E-state index contributed by atoms with van der Waals surface area (Å²) in [6.07, 6.45) is 3.44. The minimum Gasteiger partial charge on any atom is -0.378 e. The van der Waals surface area contributed by atoms with Crippen molar-refractivity contribution in [2.75, 3.05) is 31.2 Å². The summed E-state index contributed by atoms with van der Waals surface area (Å²) < 4.78 is 5.40. The summed E-state index contributed by atoms with van der Waals surface area (Å²) in [5, 5.41) is 1.12. The maximum absolute atomic E-state index is 5.40. The monoisotopic (exact) mass is 292 g/mol. The summed E-state index contributed by atoms with van der Waals surface area (Å²) in [6.45, 7) is 3.22. The molecule has 1 aliphatic rings. The molecule has 4 rings (SSSR count). The summed E-state index contributed by atoms with van der Waals surface area (Å²) in [4.78, 5) is 15.6. The van der Waals surface area contributed by atoms with Gasteiger partial charge in [-0.3, -0.25) is 4.98 Å². The van der Waals surface area contributed by atoms with Gasteiger partial charge in [0.2, 0.25) is 0 Å². The van der Waals surface area contributed by atoms with Crippen LogP contribution in [0.15, 0.2) is 48.9 Å². The van der Waals surface area contributed by atoms with E-state index in [-0.39, 0.29) is 0 Å². The molecule has 1 fully saturated rings. The molecule has 0 amide bonds. The zero-order valence-electron chi connectivity index (χ0n) is 12.1. The van der Waals surface area contributed by atoms with Gasteiger partial charge in [0.05, 0.1) is 24.4 Å². The topological polar surface area (TPSA) is 51.1 Å². The molecule has 5 nitrogen and oxygen atoms in total. The lowest BCUT2D eigenvalue weighted by atomic mass is 10.1. The van der Waals surface area contributed by atoms with Gasteiger partial charge < -0.3 is 9.64 Å². The molecule has 3 heterocycles. The molecule has 0 unspecified atom stereocenters. The normalized spacial score (nSPS) is 15.2. The van der Waals surface area contributed by atoms with Crippen molar-refractivity contribution in [2.45, 2.75) is 0 Å². The van der Waals surface area contributed by atoms with Crippen LogP contribution in [0.4, 0.5) is 5.82 Å². The number of hydrogen-bond acceptors (Lipinski definition) is 5. The Morgan fingerprint density at radius 2 is 1.82 bits per heavy atom. The minimum atomic E-state index is 0.745. The van der Waals surface area contributed by atoms with Crippen LogP contribution >= 0.6 is 0 Å². The first-order chi connectivity index (χ1) is 10.9. The van der Waals surface area contributed by atoms with Crippen LogP contribution in [0.25, 0.3) is 22.2 Å². The van der Waals surface area contributed by atoms with Gasteiger partial charge in [-0.15, -0.1) is 0 Å². The van der Waals surface area contributed by atoms with Gasteiger partial charge >= 0.3 is 0 Å². The van der Waals surface area contributed by atoms with E-state index >= 15 is 0 Å². The van der Waals surface area contributed by atoms with E-state index in [0.29, 0.717) is 0 Å². The molecule has 1 aliphatic heterocycles. The van der Waals surface area contributed by atoms with Crippen molar-refractivity contribution >= 4 is 16.7 Å². The van der Waals surface area contributed by atoms with Gasteiger partial charge in [0.15, 0.2) is 0 Å². The SMILES string of the molecule is c1cnc2c(-c3cc(N4CCOCC4)ncn3)cccc2c1. The molecule has 0 atom stereocenters. The molecule has 0 radical (unpaired) electrons. The lowest BCUT2D eigenvalue weighted by Gasteiger charge is -2.27. The van der Waals surface area contributed by atoms with Gasteiger partial charge in [-0.2, -0.15) is 0 Å². The first-order valence-electron chi connectivity index (χ1n) is 7.41. The average molecular weight is 292 g/mol. The fraction of sp³-hybridized carbons (Fsp3) is 0.235. The van der Waals surface area contributed by atoms with Crippen molar-refractivity contribution in [2.24, 2.45) is 0 Å². The van der Waals surface area contributed by atoms with Crippen LogP contribution < -0.4 is 4.90 Å². The third-order valence-corrected chi connectivity index (χ3v) is 3.90. The molecular formula is C17H16N4O. The minimum absolute atomic E-state index is 0.745. The summed E-state index contributed by atoms with van der Waals surface area (Å²) >= 11 is 0. The average Bonchev–Trinajstić information content (AvgIpc) is 2.62. The molecule has 22 heavy (non-hydrogen) atoms. The summed E-state index contributed by atoms with van der Waals surface area (Å²) in [7, 11) is 0. The molecule has 0 spiro atoms. The molecule has 5 heteroatoms. The van der Waals surface area contributed by atoms with Crippen LogP contribution in [0.1, 0.15) is 0 Å². The Balaban J connectivity index is 1.78. The second kappa shape index (κ2) is 5.69. The van der Waals surface area contributed by atoms with Crippen LogP contribution in [-0.2, 0) is 4.74 Å². The van der Waals surface area contributed by atoms with Crippen molar-refractivity contribution in [3.63, 3.8) is 0 Å². The highest BCUT2D eigenvalue weighted by Crippen LogP contribution is 2.27.